The van der Waals surface area contributed by atoms with Crippen molar-refractivity contribution >= 4 is 5.65 Å². The van der Waals surface area contributed by atoms with Crippen LogP contribution in [0.3, 0.4) is 0 Å². The third-order valence-corrected chi connectivity index (χ3v) is 6.67. The third kappa shape index (κ3) is 4.53. The maximum absolute atomic E-state index is 15.0. The molecule has 0 unspecified atom stereocenters. The molecule has 5 rings (SSSR count). The SMILES string of the molecule is COc1ccccc1CCc1ccc(-c2cc(F)c(CN3CCCCC3)c(F)c2)c2nncn12. The summed E-state index contributed by atoms with van der Waals surface area (Å²) in [5, 5.41) is 8.33. The minimum atomic E-state index is -0.515. The van der Waals surface area contributed by atoms with E-state index in [4.69, 9.17) is 4.74 Å². The van der Waals surface area contributed by atoms with Crippen LogP contribution in [0.4, 0.5) is 8.78 Å². The lowest BCUT2D eigenvalue weighted by Crippen LogP contribution is -2.29. The number of ether oxygens (including phenoxy) is 1. The highest BCUT2D eigenvalue weighted by molar-refractivity contribution is 5.77. The maximum Gasteiger partial charge on any atom is 0.168 e. The first kappa shape index (κ1) is 22.5. The Morgan fingerprint density at radius 3 is 2.47 bits per heavy atom. The molecule has 0 atom stereocenters. The molecular formula is C27H28F2N4O. The second-order valence-electron chi connectivity index (χ2n) is 8.83. The molecule has 4 aromatic rings. The van der Waals surface area contributed by atoms with Gasteiger partial charge in [0.05, 0.1) is 7.11 Å². The van der Waals surface area contributed by atoms with Gasteiger partial charge >= 0.3 is 0 Å². The van der Waals surface area contributed by atoms with Crippen LogP contribution in [-0.2, 0) is 19.4 Å². The number of piperidine rings is 1. The topological polar surface area (TPSA) is 42.7 Å². The van der Waals surface area contributed by atoms with Crippen molar-refractivity contribution in [3.63, 3.8) is 0 Å². The van der Waals surface area contributed by atoms with Gasteiger partial charge in [-0.25, -0.2) is 8.78 Å². The van der Waals surface area contributed by atoms with Gasteiger partial charge in [0.25, 0.3) is 0 Å². The number of rotatable bonds is 7. The molecule has 0 saturated carbocycles. The summed E-state index contributed by atoms with van der Waals surface area (Å²) in [5.74, 6) is -0.174. The molecule has 0 aliphatic carbocycles. The van der Waals surface area contributed by atoms with Crippen LogP contribution in [0, 0.1) is 11.6 Å². The van der Waals surface area contributed by atoms with Crippen LogP contribution in [-0.4, -0.2) is 39.7 Å². The fourth-order valence-electron chi connectivity index (χ4n) is 4.82. The molecule has 1 fully saturated rings. The quantitative estimate of drug-likeness (QED) is 0.366. The molecule has 0 amide bonds. The first-order chi connectivity index (χ1) is 16.6. The van der Waals surface area contributed by atoms with Crippen molar-refractivity contribution in [3.8, 4) is 16.9 Å². The molecular weight excluding hydrogens is 434 g/mol. The molecule has 0 radical (unpaired) electrons. The van der Waals surface area contributed by atoms with Crippen molar-refractivity contribution < 1.29 is 13.5 Å². The summed E-state index contributed by atoms with van der Waals surface area (Å²) in [6, 6.07) is 14.6. The number of para-hydroxylation sites is 1. The number of aromatic nitrogens is 3. The Labute approximate surface area is 198 Å². The van der Waals surface area contributed by atoms with Crippen LogP contribution < -0.4 is 4.74 Å². The second kappa shape index (κ2) is 9.89. The van der Waals surface area contributed by atoms with Crippen molar-refractivity contribution in [1.82, 2.24) is 19.5 Å². The largest absolute Gasteiger partial charge is 0.496 e. The minimum Gasteiger partial charge on any atom is -0.496 e. The fraction of sp³-hybridized carbons (Fsp3) is 0.333. The summed E-state index contributed by atoms with van der Waals surface area (Å²) in [4.78, 5) is 2.12. The molecule has 1 aliphatic heterocycles. The van der Waals surface area contributed by atoms with E-state index < -0.39 is 11.6 Å². The Balaban J connectivity index is 1.42. The molecule has 1 aliphatic rings. The van der Waals surface area contributed by atoms with Crippen molar-refractivity contribution in [2.45, 2.75) is 38.6 Å². The number of likely N-dealkylation sites (tertiary alicyclic amines) is 1. The molecule has 176 valence electrons. The van der Waals surface area contributed by atoms with E-state index in [1.54, 1.807) is 13.4 Å². The zero-order chi connectivity index (χ0) is 23.5. The van der Waals surface area contributed by atoms with Gasteiger partial charge in [-0.3, -0.25) is 9.30 Å². The number of fused-ring (bicyclic) bond motifs is 1. The molecule has 7 heteroatoms. The van der Waals surface area contributed by atoms with E-state index in [0.717, 1.165) is 55.8 Å². The van der Waals surface area contributed by atoms with E-state index in [2.05, 4.69) is 15.1 Å². The second-order valence-corrected chi connectivity index (χ2v) is 8.83. The van der Waals surface area contributed by atoms with Gasteiger partial charge in [-0.05, 0) is 80.2 Å². The Bertz CT molecular complexity index is 1270. The monoisotopic (exact) mass is 462 g/mol. The van der Waals surface area contributed by atoms with E-state index in [1.807, 2.05) is 40.8 Å². The number of benzene rings is 2. The Kier molecular flexibility index (Phi) is 6.54. The van der Waals surface area contributed by atoms with Gasteiger partial charge < -0.3 is 4.74 Å². The number of pyridine rings is 1. The average Bonchev–Trinajstić information content (AvgIpc) is 3.36. The zero-order valence-corrected chi connectivity index (χ0v) is 19.3. The average molecular weight is 463 g/mol. The van der Waals surface area contributed by atoms with Crippen molar-refractivity contribution in [1.29, 1.82) is 0 Å². The number of hydrogen-bond acceptors (Lipinski definition) is 4. The molecule has 0 bridgehead atoms. The molecule has 2 aromatic heterocycles. The minimum absolute atomic E-state index is 0.136. The highest BCUT2D eigenvalue weighted by Gasteiger charge is 2.19. The summed E-state index contributed by atoms with van der Waals surface area (Å²) in [6.07, 6.45) is 6.51. The van der Waals surface area contributed by atoms with Gasteiger partial charge in [0.1, 0.15) is 23.7 Å². The predicted octanol–water partition coefficient (Wildman–Crippen LogP) is 5.45. The molecule has 2 aromatic carbocycles. The normalized spacial score (nSPS) is 14.6. The van der Waals surface area contributed by atoms with Crippen molar-refractivity contribution in [3.05, 3.63) is 83.3 Å². The smallest absolute Gasteiger partial charge is 0.168 e. The highest BCUT2D eigenvalue weighted by atomic mass is 19.1. The number of nitrogens with zero attached hydrogens (tertiary/aromatic N) is 4. The lowest BCUT2D eigenvalue weighted by molar-refractivity contribution is 0.215. The van der Waals surface area contributed by atoms with Crippen LogP contribution in [0.15, 0.2) is 54.9 Å². The lowest BCUT2D eigenvalue weighted by atomic mass is 10.0. The van der Waals surface area contributed by atoms with Crippen LogP contribution in [0.1, 0.15) is 36.1 Å². The maximum atomic E-state index is 15.0. The standard InChI is InChI=1S/C27H28F2N4O/c1-34-26-8-4-3-7-19(26)9-10-21-11-12-22(27-31-30-18-33(21)27)20-15-24(28)23(25(29)16-20)17-32-13-5-2-6-14-32/h3-4,7-8,11-12,15-16,18H,2,5-6,9-10,13-14,17H2,1H3. The van der Waals surface area contributed by atoms with Crippen LogP contribution in [0.5, 0.6) is 5.75 Å². The number of aryl methyl sites for hydroxylation is 2. The van der Waals surface area contributed by atoms with Crippen LogP contribution in [0.2, 0.25) is 0 Å². The third-order valence-electron chi connectivity index (χ3n) is 6.67. The van der Waals surface area contributed by atoms with E-state index in [9.17, 15) is 0 Å². The molecule has 34 heavy (non-hydrogen) atoms. The first-order valence-electron chi connectivity index (χ1n) is 11.8. The van der Waals surface area contributed by atoms with E-state index >= 15 is 8.78 Å². The summed E-state index contributed by atoms with van der Waals surface area (Å²) < 4.78 is 37.4. The Morgan fingerprint density at radius 2 is 1.71 bits per heavy atom. The summed E-state index contributed by atoms with van der Waals surface area (Å²) in [6.45, 7) is 2.08. The van der Waals surface area contributed by atoms with Crippen LogP contribution in [0.25, 0.3) is 16.8 Å². The van der Waals surface area contributed by atoms with E-state index in [1.165, 1.54) is 18.6 Å². The Morgan fingerprint density at radius 1 is 0.941 bits per heavy atom. The number of halogens is 2. The van der Waals surface area contributed by atoms with Gasteiger partial charge in [0.15, 0.2) is 5.65 Å². The lowest BCUT2D eigenvalue weighted by Gasteiger charge is -2.26. The van der Waals surface area contributed by atoms with Gasteiger partial charge in [0, 0.05) is 23.4 Å². The van der Waals surface area contributed by atoms with Crippen LogP contribution >= 0.6 is 0 Å². The van der Waals surface area contributed by atoms with Gasteiger partial charge in [-0.15, -0.1) is 10.2 Å². The highest BCUT2D eigenvalue weighted by Crippen LogP contribution is 2.29. The molecule has 0 N–H and O–H groups in total. The van der Waals surface area contributed by atoms with E-state index in [0.29, 0.717) is 23.3 Å². The molecule has 1 saturated heterocycles. The van der Waals surface area contributed by atoms with Crippen molar-refractivity contribution in [2.75, 3.05) is 20.2 Å². The zero-order valence-electron chi connectivity index (χ0n) is 19.3. The number of methoxy groups -OCH3 is 1. The van der Waals surface area contributed by atoms with Gasteiger partial charge in [-0.1, -0.05) is 24.6 Å². The summed E-state index contributed by atoms with van der Waals surface area (Å²) >= 11 is 0. The Hall–Kier alpha value is -3.32. The van der Waals surface area contributed by atoms with Gasteiger partial charge in [0.2, 0.25) is 0 Å². The molecule has 0 spiro atoms. The fourth-order valence-corrected chi connectivity index (χ4v) is 4.82. The molecule has 5 nitrogen and oxygen atoms in total. The number of hydrogen-bond donors (Lipinski definition) is 0. The molecule has 3 heterocycles. The summed E-state index contributed by atoms with van der Waals surface area (Å²) in [5.41, 5.74) is 3.96. The van der Waals surface area contributed by atoms with Gasteiger partial charge in [-0.2, -0.15) is 0 Å². The predicted molar refractivity (Wildman–Crippen MR) is 128 cm³/mol. The summed E-state index contributed by atoms with van der Waals surface area (Å²) in [7, 11) is 1.67. The first-order valence-corrected chi connectivity index (χ1v) is 11.8. The van der Waals surface area contributed by atoms with Crippen molar-refractivity contribution in [2.24, 2.45) is 0 Å². The van der Waals surface area contributed by atoms with E-state index in [-0.39, 0.29) is 5.56 Å².